The summed E-state index contributed by atoms with van der Waals surface area (Å²) in [7, 11) is 0. The quantitative estimate of drug-likeness (QED) is 0.932. The maximum absolute atomic E-state index is 14.0. The molecule has 3 rings (SSSR count). The van der Waals surface area contributed by atoms with E-state index in [1.54, 1.807) is 12.1 Å². The Hall–Kier alpha value is -0.940. The van der Waals surface area contributed by atoms with E-state index in [0.717, 1.165) is 4.47 Å². The summed E-state index contributed by atoms with van der Waals surface area (Å²) in [6.07, 6.45) is 0.616. The molecule has 1 aromatic rings. The molecule has 2 unspecified atom stereocenters. The highest BCUT2D eigenvalue weighted by molar-refractivity contribution is 9.10. The molecule has 1 heterocycles. The molecule has 0 aromatic heterocycles. The first-order valence-corrected chi connectivity index (χ1v) is 6.60. The molecule has 0 amide bonds. The fraction of sp³-hybridized carbons (Fsp3) is 0.462. The molecule has 18 heavy (non-hydrogen) atoms. The number of carbonyl (C=O) groups is 1. The lowest BCUT2D eigenvalue weighted by atomic mass is 9.73. The van der Waals surface area contributed by atoms with E-state index >= 15 is 0 Å². The van der Waals surface area contributed by atoms with E-state index in [2.05, 4.69) is 15.9 Å². The Balaban J connectivity index is 1.97. The Morgan fingerprint density at radius 1 is 1.50 bits per heavy atom. The van der Waals surface area contributed by atoms with Gasteiger partial charge in [-0.05, 0) is 30.5 Å². The lowest BCUT2D eigenvalue weighted by molar-refractivity contribution is -0.140. The summed E-state index contributed by atoms with van der Waals surface area (Å²) in [5, 5.41) is 9.03. The van der Waals surface area contributed by atoms with Gasteiger partial charge in [0.25, 0.3) is 0 Å². The van der Waals surface area contributed by atoms with Gasteiger partial charge < -0.3 is 9.84 Å². The van der Waals surface area contributed by atoms with E-state index < -0.39 is 11.4 Å². The van der Waals surface area contributed by atoms with Gasteiger partial charge in [-0.2, -0.15) is 0 Å². The molecule has 96 valence electrons. The number of hydrogen-bond donors (Lipinski definition) is 1. The summed E-state index contributed by atoms with van der Waals surface area (Å²) in [6, 6.07) is 4.81. The van der Waals surface area contributed by atoms with E-state index in [9.17, 15) is 9.18 Å². The molecule has 0 radical (unpaired) electrons. The number of aliphatic carboxylic acids is 1. The smallest absolute Gasteiger partial charge is 0.306 e. The minimum Gasteiger partial charge on any atom is -0.481 e. The van der Waals surface area contributed by atoms with Crippen molar-refractivity contribution in [3.63, 3.8) is 0 Å². The standard InChI is InChI=1S/C13H12BrFO3/c14-7-1-2-11(15)10(3-7)13(5-18-6-13)9-4-8(9)12(16)17/h1-3,8-9H,4-6H2,(H,16,17). The van der Waals surface area contributed by atoms with E-state index in [1.807, 2.05) is 0 Å². The first-order chi connectivity index (χ1) is 8.54. The number of carboxylic acids is 1. The van der Waals surface area contributed by atoms with Gasteiger partial charge in [0, 0.05) is 15.5 Å². The Labute approximate surface area is 112 Å². The zero-order chi connectivity index (χ0) is 12.9. The van der Waals surface area contributed by atoms with Gasteiger partial charge in [-0.15, -0.1) is 0 Å². The molecule has 2 aliphatic rings. The molecule has 1 aliphatic carbocycles. The highest BCUT2D eigenvalue weighted by Crippen LogP contribution is 2.56. The van der Waals surface area contributed by atoms with Gasteiger partial charge in [0.1, 0.15) is 5.82 Å². The maximum atomic E-state index is 14.0. The number of hydrogen-bond acceptors (Lipinski definition) is 2. The Morgan fingerprint density at radius 3 is 2.72 bits per heavy atom. The fourth-order valence-electron chi connectivity index (χ4n) is 2.85. The molecule has 1 saturated heterocycles. The van der Waals surface area contributed by atoms with Gasteiger partial charge >= 0.3 is 5.97 Å². The molecule has 1 aliphatic heterocycles. The summed E-state index contributed by atoms with van der Waals surface area (Å²) in [4.78, 5) is 11.0. The van der Waals surface area contributed by atoms with Crippen molar-refractivity contribution >= 4 is 21.9 Å². The highest BCUT2D eigenvalue weighted by atomic mass is 79.9. The molecule has 3 nitrogen and oxygen atoms in total. The van der Waals surface area contributed by atoms with Crippen LogP contribution in [-0.2, 0) is 14.9 Å². The van der Waals surface area contributed by atoms with Gasteiger partial charge in [-0.3, -0.25) is 4.79 Å². The van der Waals surface area contributed by atoms with Crippen LogP contribution in [0.2, 0.25) is 0 Å². The number of halogens is 2. The zero-order valence-electron chi connectivity index (χ0n) is 9.53. The van der Waals surface area contributed by atoms with Crippen LogP contribution in [0.15, 0.2) is 22.7 Å². The fourth-order valence-corrected chi connectivity index (χ4v) is 3.21. The number of carboxylic acid groups (broad SMARTS) is 1. The number of ether oxygens (including phenoxy) is 1. The monoisotopic (exact) mass is 314 g/mol. The van der Waals surface area contributed by atoms with Crippen molar-refractivity contribution in [1.29, 1.82) is 0 Å². The molecule has 0 bridgehead atoms. The van der Waals surface area contributed by atoms with Gasteiger partial charge in [0.15, 0.2) is 0 Å². The minimum absolute atomic E-state index is 0.00690. The van der Waals surface area contributed by atoms with Crippen LogP contribution in [0.4, 0.5) is 4.39 Å². The van der Waals surface area contributed by atoms with Crippen molar-refractivity contribution in [2.75, 3.05) is 13.2 Å². The summed E-state index contributed by atoms with van der Waals surface area (Å²) < 4.78 is 20.0. The van der Waals surface area contributed by atoms with E-state index in [1.165, 1.54) is 6.07 Å². The third kappa shape index (κ3) is 1.68. The van der Waals surface area contributed by atoms with Crippen LogP contribution >= 0.6 is 15.9 Å². The normalized spacial score (nSPS) is 28.6. The number of rotatable bonds is 3. The highest BCUT2D eigenvalue weighted by Gasteiger charge is 2.61. The van der Waals surface area contributed by atoms with Crippen molar-refractivity contribution in [2.24, 2.45) is 11.8 Å². The van der Waals surface area contributed by atoms with Crippen molar-refractivity contribution in [2.45, 2.75) is 11.8 Å². The molecule has 1 saturated carbocycles. The van der Waals surface area contributed by atoms with Crippen LogP contribution in [-0.4, -0.2) is 24.3 Å². The van der Waals surface area contributed by atoms with Crippen LogP contribution in [0.25, 0.3) is 0 Å². The lowest BCUT2D eigenvalue weighted by Gasteiger charge is -2.43. The molecule has 1 aromatic carbocycles. The maximum Gasteiger partial charge on any atom is 0.306 e. The van der Waals surface area contributed by atoms with Crippen molar-refractivity contribution in [1.82, 2.24) is 0 Å². The van der Waals surface area contributed by atoms with Gasteiger partial charge in [0.2, 0.25) is 0 Å². The SMILES string of the molecule is O=C(O)C1CC1C1(c2cc(Br)ccc2F)COC1. The molecular weight excluding hydrogens is 303 g/mol. The average molecular weight is 315 g/mol. The van der Waals surface area contributed by atoms with E-state index in [4.69, 9.17) is 9.84 Å². The topological polar surface area (TPSA) is 46.5 Å². The first-order valence-electron chi connectivity index (χ1n) is 5.81. The van der Waals surface area contributed by atoms with E-state index in [-0.39, 0.29) is 17.7 Å². The summed E-state index contributed by atoms with van der Waals surface area (Å²) in [5.41, 5.74) is 0.133. The predicted octanol–water partition coefficient (Wildman–Crippen LogP) is 2.58. The lowest BCUT2D eigenvalue weighted by Crippen LogP contribution is -2.50. The van der Waals surface area contributed by atoms with Crippen LogP contribution in [0, 0.1) is 17.7 Å². The average Bonchev–Trinajstić information content (AvgIpc) is 3.02. The summed E-state index contributed by atoms with van der Waals surface area (Å²) in [5.74, 6) is -1.43. The summed E-state index contributed by atoms with van der Waals surface area (Å²) >= 11 is 3.33. The van der Waals surface area contributed by atoms with Crippen LogP contribution in [0.1, 0.15) is 12.0 Å². The van der Waals surface area contributed by atoms with Crippen LogP contribution < -0.4 is 0 Å². The first kappa shape index (κ1) is 12.1. The second-order valence-corrected chi connectivity index (χ2v) is 5.98. The third-order valence-electron chi connectivity index (χ3n) is 4.00. The molecule has 2 fully saturated rings. The van der Waals surface area contributed by atoms with Gasteiger partial charge in [0.05, 0.1) is 19.1 Å². The van der Waals surface area contributed by atoms with Crippen molar-refractivity contribution in [3.05, 3.63) is 34.1 Å². The van der Waals surface area contributed by atoms with Crippen LogP contribution in [0.5, 0.6) is 0 Å². The van der Waals surface area contributed by atoms with Crippen LogP contribution in [0.3, 0.4) is 0 Å². The Kier molecular flexibility index (Phi) is 2.71. The molecule has 1 N–H and O–H groups in total. The van der Waals surface area contributed by atoms with Crippen molar-refractivity contribution in [3.8, 4) is 0 Å². The Morgan fingerprint density at radius 2 is 2.22 bits per heavy atom. The van der Waals surface area contributed by atoms with Gasteiger partial charge in [-0.25, -0.2) is 4.39 Å². The molecule has 2 atom stereocenters. The van der Waals surface area contributed by atoms with Gasteiger partial charge in [-0.1, -0.05) is 15.9 Å². The Bertz CT molecular complexity index is 513. The van der Waals surface area contributed by atoms with E-state index in [0.29, 0.717) is 25.2 Å². The largest absolute Gasteiger partial charge is 0.481 e. The molecule has 0 spiro atoms. The van der Waals surface area contributed by atoms with Crippen molar-refractivity contribution < 1.29 is 19.0 Å². The third-order valence-corrected chi connectivity index (χ3v) is 4.49. The minimum atomic E-state index is -0.790. The zero-order valence-corrected chi connectivity index (χ0v) is 11.1. The second-order valence-electron chi connectivity index (χ2n) is 5.06. The second kappa shape index (κ2) is 4.03. The predicted molar refractivity (Wildman–Crippen MR) is 65.8 cm³/mol. The summed E-state index contributed by atoms with van der Waals surface area (Å²) in [6.45, 7) is 0.823. The number of benzene rings is 1. The molecule has 5 heteroatoms. The molecular formula is C13H12BrFO3.